The molecule has 0 aliphatic heterocycles. The molecule has 15 heavy (non-hydrogen) atoms. The van der Waals surface area contributed by atoms with Crippen LogP contribution in [0.1, 0.15) is 60.3 Å². The van der Waals surface area contributed by atoms with Crippen LogP contribution in [0.2, 0.25) is 0 Å². The second kappa shape index (κ2) is 4.51. The van der Waals surface area contributed by atoms with Crippen molar-refractivity contribution in [3.05, 3.63) is 11.1 Å². The summed E-state index contributed by atoms with van der Waals surface area (Å²) in [6.45, 7) is 10.8. The molecule has 0 aromatic heterocycles. The van der Waals surface area contributed by atoms with Gasteiger partial charge in [-0.25, -0.2) is 0 Å². The van der Waals surface area contributed by atoms with E-state index >= 15 is 0 Å². The van der Waals surface area contributed by atoms with Crippen molar-refractivity contribution < 1.29 is 4.79 Å². The number of rotatable bonds is 5. The Morgan fingerprint density at radius 3 is 2.27 bits per heavy atom. The van der Waals surface area contributed by atoms with Crippen LogP contribution in [0.5, 0.6) is 0 Å². The second-order valence-electron chi connectivity index (χ2n) is 5.10. The monoisotopic (exact) mass is 208 g/mol. The standard InChI is InChI=1S/C14H24O/c1-6-8-9-11-12(7-2)14(5,10(3)4)13(11)15/h10H,6-9H2,1-5H3. The molecule has 0 N–H and O–H groups in total. The number of carbonyl (C=O) groups excluding carboxylic acids is 1. The Bertz CT molecular complexity index is 286. The van der Waals surface area contributed by atoms with Crippen LogP contribution in [0, 0.1) is 11.3 Å². The summed E-state index contributed by atoms with van der Waals surface area (Å²) in [5.41, 5.74) is 2.43. The predicted molar refractivity (Wildman–Crippen MR) is 64.8 cm³/mol. The topological polar surface area (TPSA) is 17.1 Å². The third-order valence-corrected chi connectivity index (χ3v) is 4.03. The summed E-state index contributed by atoms with van der Waals surface area (Å²) < 4.78 is 0. The lowest BCUT2D eigenvalue weighted by Crippen LogP contribution is -2.45. The van der Waals surface area contributed by atoms with Crippen LogP contribution in [0.4, 0.5) is 0 Å². The van der Waals surface area contributed by atoms with Gasteiger partial charge in [0.2, 0.25) is 0 Å². The van der Waals surface area contributed by atoms with E-state index in [0.717, 1.165) is 24.8 Å². The fraction of sp³-hybridized carbons (Fsp3) is 0.786. The molecule has 0 aromatic carbocycles. The Balaban J connectivity index is 2.91. The largest absolute Gasteiger partial charge is 0.294 e. The zero-order valence-electron chi connectivity index (χ0n) is 10.8. The zero-order chi connectivity index (χ0) is 11.6. The van der Waals surface area contributed by atoms with Crippen molar-refractivity contribution >= 4 is 5.78 Å². The summed E-state index contributed by atoms with van der Waals surface area (Å²) in [6, 6.07) is 0. The highest BCUT2D eigenvalue weighted by atomic mass is 16.1. The highest BCUT2D eigenvalue weighted by molar-refractivity contribution is 6.09. The highest BCUT2D eigenvalue weighted by Crippen LogP contribution is 2.50. The first-order chi connectivity index (χ1) is 7.00. The third kappa shape index (κ3) is 1.77. The van der Waals surface area contributed by atoms with Gasteiger partial charge in [-0.2, -0.15) is 0 Å². The molecule has 1 rings (SSSR count). The van der Waals surface area contributed by atoms with Gasteiger partial charge in [-0.15, -0.1) is 0 Å². The van der Waals surface area contributed by atoms with Gasteiger partial charge in [-0.3, -0.25) is 4.79 Å². The molecule has 0 saturated carbocycles. The van der Waals surface area contributed by atoms with Gasteiger partial charge in [0.1, 0.15) is 0 Å². The first-order valence-electron chi connectivity index (χ1n) is 6.27. The summed E-state index contributed by atoms with van der Waals surface area (Å²) in [5, 5.41) is 0. The lowest BCUT2D eigenvalue weighted by Gasteiger charge is -2.45. The number of allylic oxidation sites excluding steroid dienone is 2. The smallest absolute Gasteiger partial charge is 0.169 e. The SMILES string of the molecule is CCCCC1=C(CC)C(C)(C(C)C)C1=O. The molecule has 0 radical (unpaired) electrons. The first kappa shape index (κ1) is 12.5. The molecule has 1 heteroatoms. The first-order valence-corrected chi connectivity index (χ1v) is 6.27. The maximum atomic E-state index is 12.1. The van der Waals surface area contributed by atoms with Crippen LogP contribution < -0.4 is 0 Å². The maximum absolute atomic E-state index is 12.1. The Hall–Kier alpha value is -0.590. The van der Waals surface area contributed by atoms with Crippen LogP contribution in [-0.4, -0.2) is 5.78 Å². The number of ketones is 1. The summed E-state index contributed by atoms with van der Waals surface area (Å²) in [6.07, 6.45) is 4.37. The number of Topliss-reactive ketones (excluding diaryl/α,β-unsaturated/α-hetero) is 1. The van der Waals surface area contributed by atoms with E-state index in [1.165, 1.54) is 12.0 Å². The number of hydrogen-bond donors (Lipinski definition) is 0. The minimum absolute atomic E-state index is 0.141. The van der Waals surface area contributed by atoms with E-state index in [1.807, 2.05) is 0 Å². The van der Waals surface area contributed by atoms with Crippen LogP contribution in [0.3, 0.4) is 0 Å². The minimum atomic E-state index is -0.141. The molecule has 0 saturated heterocycles. The van der Waals surface area contributed by atoms with Crippen LogP contribution in [0.25, 0.3) is 0 Å². The van der Waals surface area contributed by atoms with Gasteiger partial charge in [0, 0.05) is 0 Å². The lowest BCUT2D eigenvalue weighted by molar-refractivity contribution is -0.127. The van der Waals surface area contributed by atoms with Crippen molar-refractivity contribution in [3.63, 3.8) is 0 Å². The molecular formula is C14H24O. The molecule has 86 valence electrons. The Morgan fingerprint density at radius 2 is 1.87 bits per heavy atom. The normalized spacial score (nSPS) is 26.1. The predicted octanol–water partition coefficient (Wildman–Crippen LogP) is 4.13. The van der Waals surface area contributed by atoms with E-state index in [2.05, 4.69) is 34.6 Å². The molecule has 0 fully saturated rings. The maximum Gasteiger partial charge on any atom is 0.169 e. The van der Waals surface area contributed by atoms with E-state index in [4.69, 9.17) is 0 Å². The van der Waals surface area contributed by atoms with Crippen molar-refractivity contribution in [2.45, 2.75) is 60.3 Å². The molecule has 1 atom stereocenters. The lowest BCUT2D eigenvalue weighted by atomic mass is 9.57. The average molecular weight is 208 g/mol. The Morgan fingerprint density at radius 1 is 1.27 bits per heavy atom. The van der Waals surface area contributed by atoms with Crippen LogP contribution in [-0.2, 0) is 4.79 Å². The number of hydrogen-bond acceptors (Lipinski definition) is 1. The van der Waals surface area contributed by atoms with E-state index in [1.54, 1.807) is 0 Å². The average Bonchev–Trinajstić information content (AvgIpc) is 2.21. The van der Waals surface area contributed by atoms with Crippen molar-refractivity contribution in [1.82, 2.24) is 0 Å². The van der Waals surface area contributed by atoms with Gasteiger partial charge >= 0.3 is 0 Å². The molecule has 1 aliphatic carbocycles. The van der Waals surface area contributed by atoms with Crippen LogP contribution >= 0.6 is 0 Å². The minimum Gasteiger partial charge on any atom is -0.294 e. The molecule has 0 spiro atoms. The summed E-state index contributed by atoms with van der Waals surface area (Å²) in [4.78, 5) is 12.1. The summed E-state index contributed by atoms with van der Waals surface area (Å²) >= 11 is 0. The van der Waals surface area contributed by atoms with E-state index in [-0.39, 0.29) is 5.41 Å². The summed E-state index contributed by atoms with van der Waals surface area (Å²) in [7, 11) is 0. The van der Waals surface area contributed by atoms with Gasteiger partial charge in [-0.1, -0.05) is 34.1 Å². The van der Waals surface area contributed by atoms with Gasteiger partial charge in [0.25, 0.3) is 0 Å². The van der Waals surface area contributed by atoms with Gasteiger partial charge in [0.05, 0.1) is 5.41 Å². The molecule has 0 bridgehead atoms. The van der Waals surface area contributed by atoms with E-state index in [9.17, 15) is 4.79 Å². The molecule has 1 aliphatic rings. The summed E-state index contributed by atoms with van der Waals surface area (Å²) in [5.74, 6) is 0.855. The van der Waals surface area contributed by atoms with Crippen molar-refractivity contribution in [3.8, 4) is 0 Å². The van der Waals surface area contributed by atoms with Gasteiger partial charge in [-0.05, 0) is 43.3 Å². The molecular weight excluding hydrogens is 184 g/mol. The van der Waals surface area contributed by atoms with Crippen molar-refractivity contribution in [2.24, 2.45) is 11.3 Å². The number of unbranched alkanes of at least 4 members (excludes halogenated alkanes) is 1. The van der Waals surface area contributed by atoms with E-state index < -0.39 is 0 Å². The molecule has 0 heterocycles. The van der Waals surface area contributed by atoms with Gasteiger partial charge < -0.3 is 0 Å². The molecule has 0 aromatic rings. The van der Waals surface area contributed by atoms with Gasteiger partial charge in [0.15, 0.2) is 5.78 Å². The highest BCUT2D eigenvalue weighted by Gasteiger charge is 2.49. The zero-order valence-corrected chi connectivity index (χ0v) is 10.8. The second-order valence-corrected chi connectivity index (χ2v) is 5.10. The third-order valence-electron chi connectivity index (χ3n) is 4.03. The number of carbonyl (C=O) groups is 1. The fourth-order valence-electron chi connectivity index (χ4n) is 2.65. The van der Waals surface area contributed by atoms with E-state index in [0.29, 0.717) is 11.7 Å². The van der Waals surface area contributed by atoms with Crippen molar-refractivity contribution in [2.75, 3.05) is 0 Å². The van der Waals surface area contributed by atoms with Crippen LogP contribution in [0.15, 0.2) is 11.1 Å². The quantitative estimate of drug-likeness (QED) is 0.664. The Kier molecular flexibility index (Phi) is 3.75. The molecule has 0 amide bonds. The molecule has 1 unspecified atom stereocenters. The Labute approximate surface area is 93.9 Å². The molecule has 1 nitrogen and oxygen atoms in total. The fourth-order valence-corrected chi connectivity index (χ4v) is 2.65. The van der Waals surface area contributed by atoms with Crippen molar-refractivity contribution in [1.29, 1.82) is 0 Å².